The minimum atomic E-state index is 0.0199. The van der Waals surface area contributed by atoms with Crippen LogP contribution in [0, 0.1) is 5.92 Å². The maximum absolute atomic E-state index is 13.0. The van der Waals surface area contributed by atoms with E-state index in [0.29, 0.717) is 36.6 Å². The van der Waals surface area contributed by atoms with E-state index < -0.39 is 0 Å². The molecule has 0 radical (unpaired) electrons. The highest BCUT2D eigenvalue weighted by Crippen LogP contribution is 2.25. The molecule has 0 bridgehead atoms. The fourth-order valence-corrected chi connectivity index (χ4v) is 3.91. The SMILES string of the molecule is CCOc1ncccc1C(=O)N1CCC[C@H](N2CCC(CO)CC2)C1. The van der Waals surface area contributed by atoms with Gasteiger partial charge in [-0.2, -0.15) is 0 Å². The molecule has 3 heterocycles. The van der Waals surface area contributed by atoms with Crippen LogP contribution in [0.1, 0.15) is 43.0 Å². The number of aliphatic hydroxyl groups is 1. The van der Waals surface area contributed by atoms with Crippen molar-refractivity contribution in [3.8, 4) is 5.88 Å². The van der Waals surface area contributed by atoms with Crippen molar-refractivity contribution in [3.63, 3.8) is 0 Å². The van der Waals surface area contributed by atoms with Crippen molar-refractivity contribution in [2.45, 2.75) is 38.6 Å². The zero-order valence-electron chi connectivity index (χ0n) is 15.1. The predicted octanol–water partition coefficient (Wildman–Crippen LogP) is 1.79. The molecule has 2 aliphatic heterocycles. The van der Waals surface area contributed by atoms with Crippen LogP contribution < -0.4 is 4.74 Å². The zero-order valence-corrected chi connectivity index (χ0v) is 15.1. The molecule has 0 spiro atoms. The molecule has 1 N–H and O–H groups in total. The molecule has 2 fully saturated rings. The van der Waals surface area contributed by atoms with Crippen molar-refractivity contribution in [2.24, 2.45) is 5.92 Å². The Hall–Kier alpha value is -1.66. The maximum Gasteiger partial charge on any atom is 0.259 e. The first-order valence-electron chi connectivity index (χ1n) is 9.45. The number of ether oxygens (including phenoxy) is 1. The van der Waals surface area contributed by atoms with Crippen LogP contribution in [0.15, 0.2) is 18.3 Å². The maximum atomic E-state index is 13.0. The average molecular weight is 347 g/mol. The van der Waals surface area contributed by atoms with E-state index in [4.69, 9.17) is 4.74 Å². The second-order valence-electron chi connectivity index (χ2n) is 7.00. The molecule has 138 valence electrons. The number of aliphatic hydroxyl groups excluding tert-OH is 1. The number of rotatable bonds is 5. The molecule has 0 aromatic carbocycles. The van der Waals surface area contributed by atoms with Crippen molar-refractivity contribution >= 4 is 5.91 Å². The molecule has 2 aliphatic rings. The minimum Gasteiger partial charge on any atom is -0.477 e. The molecule has 0 unspecified atom stereocenters. The number of nitrogens with zero attached hydrogens (tertiary/aromatic N) is 3. The molecular weight excluding hydrogens is 318 g/mol. The highest BCUT2D eigenvalue weighted by Gasteiger charge is 2.31. The Labute approximate surface area is 149 Å². The molecule has 1 aromatic rings. The molecular formula is C19H29N3O3. The Morgan fingerprint density at radius 1 is 1.32 bits per heavy atom. The van der Waals surface area contributed by atoms with Gasteiger partial charge in [-0.15, -0.1) is 0 Å². The summed E-state index contributed by atoms with van der Waals surface area (Å²) in [7, 11) is 0. The van der Waals surface area contributed by atoms with Gasteiger partial charge in [0.05, 0.1) is 6.61 Å². The number of piperidine rings is 2. The van der Waals surface area contributed by atoms with E-state index in [2.05, 4.69) is 9.88 Å². The molecule has 0 aliphatic carbocycles. The Kier molecular flexibility index (Phi) is 6.26. The Balaban J connectivity index is 1.64. The van der Waals surface area contributed by atoms with Crippen LogP contribution in [0.2, 0.25) is 0 Å². The summed E-state index contributed by atoms with van der Waals surface area (Å²) in [6.45, 7) is 6.30. The number of carbonyl (C=O) groups is 1. The van der Waals surface area contributed by atoms with Crippen LogP contribution in [-0.2, 0) is 0 Å². The molecule has 0 saturated carbocycles. The lowest BCUT2D eigenvalue weighted by molar-refractivity contribution is 0.0443. The third-order valence-electron chi connectivity index (χ3n) is 5.39. The Morgan fingerprint density at radius 2 is 2.12 bits per heavy atom. The van der Waals surface area contributed by atoms with Crippen LogP contribution in [0.25, 0.3) is 0 Å². The van der Waals surface area contributed by atoms with Crippen LogP contribution in [0.3, 0.4) is 0 Å². The molecule has 3 rings (SSSR count). The predicted molar refractivity (Wildman–Crippen MR) is 95.7 cm³/mol. The van der Waals surface area contributed by atoms with Gasteiger partial charge in [-0.25, -0.2) is 4.98 Å². The van der Waals surface area contributed by atoms with Crippen LogP contribution in [0.4, 0.5) is 0 Å². The number of likely N-dealkylation sites (tertiary alicyclic amines) is 2. The molecule has 25 heavy (non-hydrogen) atoms. The first-order valence-corrected chi connectivity index (χ1v) is 9.45. The Bertz CT molecular complexity index is 573. The topological polar surface area (TPSA) is 65.9 Å². The van der Waals surface area contributed by atoms with Gasteiger partial charge in [-0.1, -0.05) is 0 Å². The third kappa shape index (κ3) is 4.30. The quantitative estimate of drug-likeness (QED) is 0.880. The van der Waals surface area contributed by atoms with Gasteiger partial charge in [0.1, 0.15) is 5.56 Å². The molecule has 6 nitrogen and oxygen atoms in total. The van der Waals surface area contributed by atoms with Crippen LogP contribution in [0.5, 0.6) is 5.88 Å². The fourth-order valence-electron chi connectivity index (χ4n) is 3.91. The zero-order chi connectivity index (χ0) is 17.6. The van der Waals surface area contributed by atoms with E-state index in [0.717, 1.165) is 51.9 Å². The molecule has 6 heteroatoms. The lowest BCUT2D eigenvalue weighted by Crippen LogP contribution is -2.52. The van der Waals surface area contributed by atoms with E-state index in [1.807, 2.05) is 11.8 Å². The number of hydrogen-bond acceptors (Lipinski definition) is 5. The van der Waals surface area contributed by atoms with Gasteiger partial charge < -0.3 is 14.7 Å². The highest BCUT2D eigenvalue weighted by atomic mass is 16.5. The monoisotopic (exact) mass is 347 g/mol. The first-order chi connectivity index (χ1) is 12.2. The van der Waals surface area contributed by atoms with E-state index in [1.54, 1.807) is 18.3 Å². The summed E-state index contributed by atoms with van der Waals surface area (Å²) in [5.74, 6) is 0.897. The molecule has 2 saturated heterocycles. The van der Waals surface area contributed by atoms with Crippen molar-refractivity contribution in [2.75, 3.05) is 39.4 Å². The molecule has 1 aromatic heterocycles. The summed E-state index contributed by atoms with van der Waals surface area (Å²) in [4.78, 5) is 21.6. The summed E-state index contributed by atoms with van der Waals surface area (Å²) in [5, 5.41) is 9.31. The fraction of sp³-hybridized carbons (Fsp3) is 0.684. The highest BCUT2D eigenvalue weighted by molar-refractivity contribution is 5.96. The van der Waals surface area contributed by atoms with Crippen LogP contribution in [-0.4, -0.2) is 71.2 Å². The number of hydrogen-bond donors (Lipinski definition) is 1. The smallest absolute Gasteiger partial charge is 0.259 e. The molecule has 1 atom stereocenters. The summed E-state index contributed by atoms with van der Waals surface area (Å²) in [5.41, 5.74) is 0.559. The van der Waals surface area contributed by atoms with Crippen molar-refractivity contribution in [1.82, 2.24) is 14.8 Å². The molecule has 1 amide bonds. The number of carbonyl (C=O) groups excluding carboxylic acids is 1. The second-order valence-corrected chi connectivity index (χ2v) is 7.00. The number of pyridine rings is 1. The van der Waals surface area contributed by atoms with Crippen molar-refractivity contribution in [3.05, 3.63) is 23.9 Å². The van der Waals surface area contributed by atoms with Gasteiger partial charge in [0.25, 0.3) is 5.91 Å². The second kappa shape index (κ2) is 8.63. The lowest BCUT2D eigenvalue weighted by Gasteiger charge is -2.42. The van der Waals surface area contributed by atoms with E-state index in [9.17, 15) is 9.90 Å². The summed E-state index contributed by atoms with van der Waals surface area (Å²) < 4.78 is 5.52. The summed E-state index contributed by atoms with van der Waals surface area (Å²) >= 11 is 0. The van der Waals surface area contributed by atoms with E-state index >= 15 is 0 Å². The minimum absolute atomic E-state index is 0.0199. The normalized spacial score (nSPS) is 22.8. The lowest BCUT2D eigenvalue weighted by atomic mass is 9.94. The van der Waals surface area contributed by atoms with E-state index in [-0.39, 0.29) is 5.91 Å². The summed E-state index contributed by atoms with van der Waals surface area (Å²) in [6, 6.07) is 4.01. The number of aromatic nitrogens is 1. The van der Waals surface area contributed by atoms with Crippen molar-refractivity contribution < 1.29 is 14.6 Å². The average Bonchev–Trinajstić information content (AvgIpc) is 2.68. The van der Waals surface area contributed by atoms with Crippen LogP contribution >= 0.6 is 0 Å². The largest absolute Gasteiger partial charge is 0.477 e. The van der Waals surface area contributed by atoms with Gasteiger partial charge in [0.2, 0.25) is 5.88 Å². The summed E-state index contributed by atoms with van der Waals surface area (Å²) in [6.07, 6.45) is 5.93. The van der Waals surface area contributed by atoms with Gasteiger partial charge in [-0.05, 0) is 63.7 Å². The number of amides is 1. The van der Waals surface area contributed by atoms with E-state index in [1.165, 1.54) is 0 Å². The standard InChI is InChI=1S/C19H29N3O3/c1-2-25-18-17(6-3-9-20-18)19(24)22-10-4-5-16(13-22)21-11-7-15(14-23)8-12-21/h3,6,9,15-16,23H,2,4-5,7-8,10-14H2,1H3/t16-/m0/s1. The van der Waals surface area contributed by atoms with Crippen molar-refractivity contribution in [1.29, 1.82) is 0 Å². The first kappa shape index (κ1) is 18.1. The van der Waals surface area contributed by atoms with Gasteiger partial charge >= 0.3 is 0 Å². The third-order valence-corrected chi connectivity index (χ3v) is 5.39. The van der Waals surface area contributed by atoms with Gasteiger partial charge in [-0.3, -0.25) is 9.69 Å². The van der Waals surface area contributed by atoms with Gasteiger partial charge in [0.15, 0.2) is 0 Å². The van der Waals surface area contributed by atoms with Gasteiger partial charge in [0, 0.05) is 31.9 Å². The Morgan fingerprint density at radius 3 is 2.84 bits per heavy atom.